The Kier molecular flexibility index (Phi) is 5.57. The van der Waals surface area contributed by atoms with Crippen LogP contribution in [0.15, 0.2) is 12.1 Å². The van der Waals surface area contributed by atoms with Crippen molar-refractivity contribution in [2.24, 2.45) is 0 Å². The van der Waals surface area contributed by atoms with Crippen LogP contribution in [0.2, 0.25) is 6.32 Å². The van der Waals surface area contributed by atoms with Gasteiger partial charge in [-0.15, -0.1) is 0 Å². The molecule has 0 unspecified atom stereocenters. The zero-order chi connectivity index (χ0) is 21.4. The fourth-order valence-electron chi connectivity index (χ4n) is 4.13. The molecule has 3 aliphatic rings. The molecule has 0 radical (unpaired) electrons. The normalized spacial score (nSPS) is 23.3. The van der Waals surface area contributed by atoms with Crippen molar-refractivity contribution in [1.82, 2.24) is 15.5 Å². The topological polar surface area (TPSA) is 137 Å². The second-order valence-electron chi connectivity index (χ2n) is 7.92. The number of amides is 2. The Morgan fingerprint density at radius 3 is 2.80 bits per heavy atom. The van der Waals surface area contributed by atoms with E-state index in [0.29, 0.717) is 38.8 Å². The lowest BCUT2D eigenvalue weighted by Crippen LogP contribution is -2.59. The number of benzene rings is 1. The molecule has 1 aromatic carbocycles. The molecule has 2 atom stereocenters. The molecule has 30 heavy (non-hydrogen) atoms. The van der Waals surface area contributed by atoms with Crippen LogP contribution in [0.3, 0.4) is 0 Å². The molecule has 0 spiro atoms. The van der Waals surface area contributed by atoms with Gasteiger partial charge in [-0.25, -0.2) is 4.79 Å². The van der Waals surface area contributed by atoms with Gasteiger partial charge in [0.25, 0.3) is 0 Å². The van der Waals surface area contributed by atoms with Crippen molar-refractivity contribution >= 4 is 24.9 Å². The summed E-state index contributed by atoms with van der Waals surface area (Å²) in [7, 11) is -1.04. The van der Waals surface area contributed by atoms with Gasteiger partial charge in [0.2, 0.25) is 11.8 Å². The van der Waals surface area contributed by atoms with E-state index in [1.807, 2.05) is 0 Å². The van der Waals surface area contributed by atoms with Crippen LogP contribution in [0.1, 0.15) is 29.3 Å². The van der Waals surface area contributed by atoms with E-state index in [2.05, 4.69) is 10.6 Å². The summed E-state index contributed by atoms with van der Waals surface area (Å²) in [6, 6.07) is 2.93. The molecular weight excluding hydrogens is 393 g/mol. The number of carboxylic acids is 1. The van der Waals surface area contributed by atoms with E-state index in [4.69, 9.17) is 9.39 Å². The highest BCUT2D eigenvalue weighted by molar-refractivity contribution is 6.44. The fraction of sp³-hybridized carbons (Fsp3) is 0.526. The first kappa shape index (κ1) is 20.5. The zero-order valence-electron chi connectivity index (χ0n) is 16.6. The molecule has 0 aromatic heterocycles. The minimum Gasteiger partial charge on any atom is -0.535 e. The Labute approximate surface area is 173 Å². The molecule has 4 N–H and O–H groups in total. The average Bonchev–Trinajstić information content (AvgIpc) is 3.10. The minimum absolute atomic E-state index is 0.0574. The summed E-state index contributed by atoms with van der Waals surface area (Å²) in [6.07, 6.45) is 1.14. The number of hydrogen-bond acceptors (Lipinski definition) is 7. The van der Waals surface area contributed by atoms with Gasteiger partial charge in [0.15, 0.2) is 0 Å². The first-order chi connectivity index (χ1) is 14.3. The number of carboxylic acid groups (broad SMARTS) is 1. The second-order valence-corrected chi connectivity index (χ2v) is 7.92. The third-order valence-electron chi connectivity index (χ3n) is 5.62. The standard InChI is InChI=1S/C19H24BN3O7/c1-10(24)22-12-6-14(21-7-12)18(25)23-8-13(9-23)29-15-3-2-11-4-5-20(28)30-17(11)16(15)19(26)27/h2-3,12-14,21,28H,4-9H2,1H3,(H,22,24)(H,26,27)/t12-,14+/m1/s1. The molecule has 2 amide bonds. The minimum atomic E-state index is -1.19. The van der Waals surface area contributed by atoms with Gasteiger partial charge in [-0.3, -0.25) is 9.59 Å². The van der Waals surface area contributed by atoms with Crippen molar-refractivity contribution in [1.29, 1.82) is 0 Å². The molecule has 1 aromatic rings. The van der Waals surface area contributed by atoms with Crippen LogP contribution in [0, 0.1) is 0 Å². The third-order valence-corrected chi connectivity index (χ3v) is 5.62. The number of nitrogens with one attached hydrogen (secondary N) is 2. The summed E-state index contributed by atoms with van der Waals surface area (Å²) in [5.41, 5.74) is 0.614. The Morgan fingerprint density at radius 2 is 2.10 bits per heavy atom. The number of ether oxygens (including phenoxy) is 1. The van der Waals surface area contributed by atoms with Gasteiger partial charge < -0.3 is 35.1 Å². The van der Waals surface area contributed by atoms with Gasteiger partial charge in [0.1, 0.15) is 23.2 Å². The van der Waals surface area contributed by atoms with Crippen molar-refractivity contribution in [3.8, 4) is 11.5 Å². The molecule has 3 heterocycles. The number of likely N-dealkylation sites (tertiary alicyclic amines) is 1. The predicted molar refractivity (Wildman–Crippen MR) is 106 cm³/mol. The highest BCUT2D eigenvalue weighted by Gasteiger charge is 2.40. The fourth-order valence-corrected chi connectivity index (χ4v) is 4.13. The number of nitrogens with zero attached hydrogens (tertiary/aromatic N) is 1. The van der Waals surface area contributed by atoms with Crippen molar-refractivity contribution < 1.29 is 33.9 Å². The van der Waals surface area contributed by atoms with E-state index in [1.54, 1.807) is 17.0 Å². The highest BCUT2D eigenvalue weighted by Crippen LogP contribution is 2.37. The molecule has 11 heteroatoms. The number of rotatable bonds is 5. The lowest BCUT2D eigenvalue weighted by Gasteiger charge is -2.40. The van der Waals surface area contributed by atoms with E-state index in [-0.39, 0.29) is 47.1 Å². The average molecular weight is 417 g/mol. The Balaban J connectivity index is 1.36. The number of fused-ring (bicyclic) bond motifs is 1. The van der Waals surface area contributed by atoms with Crippen LogP contribution >= 0.6 is 0 Å². The SMILES string of the molecule is CC(=O)N[C@H]1CN[C@H](C(=O)N2CC(Oc3ccc4c(c3C(=O)O)OB(O)CC4)C2)C1. The van der Waals surface area contributed by atoms with E-state index >= 15 is 0 Å². The predicted octanol–water partition coefficient (Wildman–Crippen LogP) is -0.744. The lowest BCUT2D eigenvalue weighted by atomic mass is 9.78. The van der Waals surface area contributed by atoms with Crippen LogP contribution in [-0.4, -0.2) is 77.8 Å². The summed E-state index contributed by atoms with van der Waals surface area (Å²) in [5, 5.41) is 25.3. The van der Waals surface area contributed by atoms with Gasteiger partial charge in [-0.2, -0.15) is 0 Å². The highest BCUT2D eigenvalue weighted by atomic mass is 16.5. The molecule has 0 bridgehead atoms. The van der Waals surface area contributed by atoms with Gasteiger partial charge in [-0.05, 0) is 30.8 Å². The molecular formula is C19H24BN3O7. The molecule has 0 saturated carbocycles. The number of carbonyl (C=O) groups excluding carboxylic acids is 2. The van der Waals surface area contributed by atoms with Gasteiger partial charge >= 0.3 is 13.1 Å². The number of aromatic carboxylic acids is 1. The summed E-state index contributed by atoms with van der Waals surface area (Å²) in [4.78, 5) is 37.2. The molecule has 2 fully saturated rings. The zero-order valence-corrected chi connectivity index (χ0v) is 16.6. The van der Waals surface area contributed by atoms with Crippen molar-refractivity contribution in [3.05, 3.63) is 23.3 Å². The van der Waals surface area contributed by atoms with Crippen molar-refractivity contribution in [2.75, 3.05) is 19.6 Å². The van der Waals surface area contributed by atoms with Crippen LogP contribution in [-0.2, 0) is 16.0 Å². The summed E-state index contributed by atoms with van der Waals surface area (Å²) in [6.45, 7) is 2.69. The Hall–Kier alpha value is -2.79. The number of aryl methyl sites for hydroxylation is 1. The summed E-state index contributed by atoms with van der Waals surface area (Å²) >= 11 is 0. The van der Waals surface area contributed by atoms with Crippen LogP contribution in [0.25, 0.3) is 0 Å². The maximum absolute atomic E-state index is 12.6. The molecule has 4 rings (SSSR count). The van der Waals surface area contributed by atoms with Crippen LogP contribution in [0.5, 0.6) is 11.5 Å². The monoisotopic (exact) mass is 417 g/mol. The summed E-state index contributed by atoms with van der Waals surface area (Å²) < 4.78 is 11.2. The Bertz CT molecular complexity index is 874. The van der Waals surface area contributed by atoms with E-state index in [0.717, 1.165) is 5.56 Å². The maximum atomic E-state index is 12.6. The van der Waals surface area contributed by atoms with Crippen LogP contribution < -0.4 is 20.0 Å². The lowest BCUT2D eigenvalue weighted by molar-refractivity contribution is -0.142. The second kappa shape index (κ2) is 8.15. The quantitative estimate of drug-likeness (QED) is 0.460. The van der Waals surface area contributed by atoms with Crippen LogP contribution in [0.4, 0.5) is 0 Å². The van der Waals surface area contributed by atoms with Crippen molar-refractivity contribution in [2.45, 2.75) is 44.3 Å². The van der Waals surface area contributed by atoms with Gasteiger partial charge in [0.05, 0.1) is 19.1 Å². The largest absolute Gasteiger partial charge is 0.535 e. The first-order valence-electron chi connectivity index (χ1n) is 10.0. The summed E-state index contributed by atoms with van der Waals surface area (Å²) in [5.74, 6) is -1.06. The van der Waals surface area contributed by atoms with E-state index in [9.17, 15) is 24.5 Å². The van der Waals surface area contributed by atoms with Crippen molar-refractivity contribution in [3.63, 3.8) is 0 Å². The maximum Gasteiger partial charge on any atom is 0.522 e. The molecule has 3 aliphatic heterocycles. The smallest absolute Gasteiger partial charge is 0.522 e. The van der Waals surface area contributed by atoms with Gasteiger partial charge in [0, 0.05) is 19.5 Å². The van der Waals surface area contributed by atoms with E-state index < -0.39 is 13.1 Å². The number of hydrogen-bond donors (Lipinski definition) is 4. The van der Waals surface area contributed by atoms with E-state index in [1.165, 1.54) is 6.92 Å². The molecule has 160 valence electrons. The molecule has 0 aliphatic carbocycles. The van der Waals surface area contributed by atoms with Gasteiger partial charge in [-0.1, -0.05) is 6.07 Å². The molecule has 2 saturated heterocycles. The Morgan fingerprint density at radius 1 is 1.33 bits per heavy atom. The first-order valence-corrected chi connectivity index (χ1v) is 10.0. The third kappa shape index (κ3) is 4.08. The molecule has 10 nitrogen and oxygen atoms in total. The number of carbonyl (C=O) groups is 3.